The Morgan fingerprint density at radius 1 is 1.31 bits per heavy atom. The van der Waals surface area contributed by atoms with Crippen molar-refractivity contribution in [3.63, 3.8) is 0 Å². The highest BCUT2D eigenvalue weighted by Crippen LogP contribution is 2.26. The summed E-state index contributed by atoms with van der Waals surface area (Å²) in [6.07, 6.45) is 6.06. The van der Waals surface area contributed by atoms with E-state index in [2.05, 4.69) is 15.3 Å². The first kappa shape index (κ1) is 20.8. The molecule has 2 aromatic heterocycles. The molecule has 1 atom stereocenters. The van der Waals surface area contributed by atoms with Gasteiger partial charge in [-0.05, 0) is 58.6 Å². The van der Waals surface area contributed by atoms with E-state index in [0.717, 1.165) is 35.6 Å². The fourth-order valence-electron chi connectivity index (χ4n) is 3.53. The molecule has 1 unspecified atom stereocenters. The van der Waals surface area contributed by atoms with Crippen molar-refractivity contribution in [2.24, 2.45) is 5.92 Å². The van der Waals surface area contributed by atoms with E-state index >= 15 is 0 Å². The number of carboxylic acid groups (broad SMARTS) is 1. The second-order valence-electron chi connectivity index (χ2n) is 8.29. The van der Waals surface area contributed by atoms with Crippen LogP contribution in [0.3, 0.4) is 0 Å². The van der Waals surface area contributed by atoms with Gasteiger partial charge in [-0.1, -0.05) is 0 Å². The lowest BCUT2D eigenvalue weighted by Crippen LogP contribution is -2.33. The van der Waals surface area contributed by atoms with E-state index in [1.54, 1.807) is 33.3 Å². The number of fused-ring (bicyclic) bond motifs is 3. The normalized spacial score (nSPS) is 13.9. The van der Waals surface area contributed by atoms with Gasteiger partial charge in [0.2, 0.25) is 0 Å². The number of aryl methyl sites for hydroxylation is 1. The van der Waals surface area contributed by atoms with Crippen LogP contribution in [-0.4, -0.2) is 43.8 Å². The Kier molecular flexibility index (Phi) is 6.20. The molecular weight excluding hydrogens is 372 g/mol. The number of pyridine rings is 1. The first-order valence-electron chi connectivity index (χ1n) is 9.93. The molecule has 0 aliphatic carbocycles. The van der Waals surface area contributed by atoms with Gasteiger partial charge in [0.1, 0.15) is 5.60 Å². The minimum absolute atomic E-state index is 0.374. The number of aliphatic carboxylic acids is 1. The number of imidazole rings is 1. The highest BCUT2D eigenvalue weighted by molar-refractivity contribution is 5.70. The van der Waals surface area contributed by atoms with Crippen LogP contribution in [0.2, 0.25) is 0 Å². The lowest BCUT2D eigenvalue weighted by atomic mass is 9.95. The average Bonchev–Trinajstić information content (AvgIpc) is 3.06. The predicted octanol–water partition coefficient (Wildman–Crippen LogP) is 2.91. The second kappa shape index (κ2) is 8.63. The number of hydrogen-bond donors (Lipinski definition) is 2. The van der Waals surface area contributed by atoms with Gasteiger partial charge in [-0.3, -0.25) is 9.78 Å². The summed E-state index contributed by atoms with van der Waals surface area (Å²) in [5.41, 5.74) is 3.38. The van der Waals surface area contributed by atoms with Crippen LogP contribution >= 0.6 is 0 Å². The Hall–Kier alpha value is -2.90. The van der Waals surface area contributed by atoms with Gasteiger partial charge in [-0.25, -0.2) is 9.78 Å². The van der Waals surface area contributed by atoms with E-state index < -0.39 is 23.6 Å². The number of carboxylic acids is 1. The molecule has 1 aliphatic heterocycles. The van der Waals surface area contributed by atoms with Gasteiger partial charge in [0.15, 0.2) is 0 Å². The monoisotopic (exact) mass is 400 g/mol. The number of carbonyl (C=O) groups excluding carboxylic acids is 1. The van der Waals surface area contributed by atoms with Crippen LogP contribution in [0.15, 0.2) is 24.7 Å². The van der Waals surface area contributed by atoms with E-state index in [4.69, 9.17) is 4.74 Å². The van der Waals surface area contributed by atoms with Crippen LogP contribution in [0, 0.1) is 5.92 Å². The molecular formula is C21H28N4O4. The SMILES string of the molecule is CC(C)(C)OC(=O)NCCCC(Cc1ncn2c1CCc1ncccc1-2)C(=O)O. The molecule has 2 N–H and O–H groups in total. The number of amides is 1. The quantitative estimate of drug-likeness (QED) is 0.692. The molecule has 1 amide bonds. The number of rotatable bonds is 7. The molecule has 8 nitrogen and oxygen atoms in total. The molecule has 3 rings (SSSR count). The summed E-state index contributed by atoms with van der Waals surface area (Å²) < 4.78 is 7.20. The van der Waals surface area contributed by atoms with Gasteiger partial charge in [0.05, 0.1) is 29.3 Å². The molecule has 0 fully saturated rings. The van der Waals surface area contributed by atoms with Crippen LogP contribution < -0.4 is 5.32 Å². The molecule has 29 heavy (non-hydrogen) atoms. The van der Waals surface area contributed by atoms with Crippen molar-refractivity contribution in [1.29, 1.82) is 0 Å². The Labute approximate surface area is 170 Å². The maximum atomic E-state index is 11.8. The summed E-state index contributed by atoms with van der Waals surface area (Å²) in [7, 11) is 0. The van der Waals surface area contributed by atoms with Crippen molar-refractivity contribution in [3.8, 4) is 5.69 Å². The maximum Gasteiger partial charge on any atom is 0.407 e. The smallest absolute Gasteiger partial charge is 0.407 e. The third-order valence-corrected chi connectivity index (χ3v) is 4.86. The van der Waals surface area contributed by atoms with E-state index in [-0.39, 0.29) is 0 Å². The summed E-state index contributed by atoms with van der Waals surface area (Å²) in [5.74, 6) is -1.40. The molecule has 0 bridgehead atoms. The Bertz CT molecular complexity index is 885. The summed E-state index contributed by atoms with van der Waals surface area (Å²) in [4.78, 5) is 32.4. The van der Waals surface area contributed by atoms with Crippen LogP contribution in [0.5, 0.6) is 0 Å². The van der Waals surface area contributed by atoms with Crippen molar-refractivity contribution < 1.29 is 19.4 Å². The largest absolute Gasteiger partial charge is 0.481 e. The van der Waals surface area contributed by atoms with E-state index in [9.17, 15) is 14.7 Å². The highest BCUT2D eigenvalue weighted by atomic mass is 16.6. The summed E-state index contributed by atoms with van der Waals surface area (Å²) in [6.45, 7) is 5.77. The van der Waals surface area contributed by atoms with Crippen LogP contribution in [0.25, 0.3) is 5.69 Å². The van der Waals surface area contributed by atoms with E-state index in [1.807, 2.05) is 16.7 Å². The lowest BCUT2D eigenvalue weighted by Gasteiger charge is -2.20. The number of carbonyl (C=O) groups is 2. The number of ether oxygens (including phenoxy) is 1. The molecule has 156 valence electrons. The first-order chi connectivity index (χ1) is 13.7. The zero-order chi connectivity index (χ0) is 21.0. The summed E-state index contributed by atoms with van der Waals surface area (Å²) in [5, 5.41) is 12.3. The molecule has 2 aromatic rings. The average molecular weight is 400 g/mol. The topological polar surface area (TPSA) is 106 Å². The van der Waals surface area contributed by atoms with E-state index in [1.165, 1.54) is 0 Å². The van der Waals surface area contributed by atoms with Gasteiger partial charge in [-0.15, -0.1) is 0 Å². The Morgan fingerprint density at radius 2 is 2.10 bits per heavy atom. The van der Waals surface area contributed by atoms with Crippen LogP contribution in [0.4, 0.5) is 4.79 Å². The summed E-state index contributed by atoms with van der Waals surface area (Å²) in [6, 6.07) is 3.90. The van der Waals surface area contributed by atoms with Gasteiger partial charge in [0, 0.05) is 24.9 Å². The first-order valence-corrected chi connectivity index (χ1v) is 9.93. The van der Waals surface area contributed by atoms with E-state index in [0.29, 0.717) is 25.8 Å². The number of aromatic nitrogens is 3. The lowest BCUT2D eigenvalue weighted by molar-refractivity contribution is -0.142. The number of nitrogens with zero attached hydrogens (tertiary/aromatic N) is 3. The maximum absolute atomic E-state index is 11.8. The van der Waals surface area contributed by atoms with Crippen molar-refractivity contribution in [2.75, 3.05) is 6.54 Å². The molecule has 0 saturated carbocycles. The molecule has 3 heterocycles. The Morgan fingerprint density at radius 3 is 2.83 bits per heavy atom. The van der Waals surface area contributed by atoms with Crippen molar-refractivity contribution in [3.05, 3.63) is 41.7 Å². The van der Waals surface area contributed by atoms with Gasteiger partial charge < -0.3 is 19.7 Å². The standard InChI is InChI=1S/C21H28N4O4/c1-21(2,3)29-20(28)23-11-4-6-14(19(26)27)12-16-18-9-8-15-17(7-5-10-22-15)25(18)13-24-16/h5,7,10,13-14H,4,6,8-9,11-12H2,1-3H3,(H,23,28)(H,26,27). The van der Waals surface area contributed by atoms with Crippen LogP contribution in [-0.2, 0) is 28.8 Å². The third kappa shape index (κ3) is 5.34. The number of alkyl carbamates (subject to hydrolysis) is 1. The fraction of sp³-hybridized carbons (Fsp3) is 0.524. The minimum Gasteiger partial charge on any atom is -0.481 e. The number of hydrogen-bond acceptors (Lipinski definition) is 5. The number of nitrogens with one attached hydrogen (secondary N) is 1. The molecule has 8 heteroatoms. The van der Waals surface area contributed by atoms with Crippen molar-refractivity contribution in [1.82, 2.24) is 19.9 Å². The molecule has 0 saturated heterocycles. The zero-order valence-electron chi connectivity index (χ0n) is 17.1. The highest BCUT2D eigenvalue weighted by Gasteiger charge is 2.25. The molecule has 0 spiro atoms. The fourth-order valence-corrected chi connectivity index (χ4v) is 3.53. The third-order valence-electron chi connectivity index (χ3n) is 4.86. The predicted molar refractivity (Wildman–Crippen MR) is 107 cm³/mol. The van der Waals surface area contributed by atoms with Crippen molar-refractivity contribution in [2.45, 2.75) is 58.5 Å². The minimum atomic E-state index is -0.845. The summed E-state index contributed by atoms with van der Waals surface area (Å²) >= 11 is 0. The molecule has 1 aliphatic rings. The van der Waals surface area contributed by atoms with Crippen molar-refractivity contribution >= 4 is 12.1 Å². The van der Waals surface area contributed by atoms with Gasteiger partial charge in [-0.2, -0.15) is 0 Å². The molecule has 0 aromatic carbocycles. The van der Waals surface area contributed by atoms with Crippen LogP contribution in [0.1, 0.15) is 50.7 Å². The zero-order valence-corrected chi connectivity index (χ0v) is 17.1. The Balaban J connectivity index is 1.58. The second-order valence-corrected chi connectivity index (χ2v) is 8.29. The van der Waals surface area contributed by atoms with Gasteiger partial charge in [0.25, 0.3) is 0 Å². The van der Waals surface area contributed by atoms with Gasteiger partial charge >= 0.3 is 12.1 Å². The molecule has 0 radical (unpaired) electrons.